The summed E-state index contributed by atoms with van der Waals surface area (Å²) in [4.78, 5) is 27.1. The molecule has 1 aromatic rings. The summed E-state index contributed by atoms with van der Waals surface area (Å²) in [7, 11) is 0. The highest BCUT2D eigenvalue weighted by Gasteiger charge is 2.32. The molecule has 0 saturated carbocycles. The summed E-state index contributed by atoms with van der Waals surface area (Å²) in [5.41, 5.74) is 0. The Morgan fingerprint density at radius 1 is 1.36 bits per heavy atom. The molecule has 3 rings (SSSR count). The van der Waals surface area contributed by atoms with Crippen LogP contribution in [0.1, 0.15) is 18.6 Å². The first-order valence-corrected chi connectivity index (χ1v) is 9.17. The van der Waals surface area contributed by atoms with Crippen molar-refractivity contribution in [3.05, 3.63) is 22.8 Å². The first kappa shape index (κ1) is 18.0. The maximum atomic E-state index is 12.4. The van der Waals surface area contributed by atoms with Gasteiger partial charge in [-0.05, 0) is 12.5 Å². The predicted molar refractivity (Wildman–Crippen MR) is 98.5 cm³/mol. The molecule has 0 atom stereocenters. The van der Waals surface area contributed by atoms with Gasteiger partial charge in [0.25, 0.3) is 5.91 Å². The van der Waals surface area contributed by atoms with Crippen molar-refractivity contribution >= 4 is 52.1 Å². The molecular formula is C16H18N2O5S2. The second-order valence-electron chi connectivity index (χ2n) is 5.61. The molecule has 1 N–H and O–H groups in total. The number of aliphatic carboxylic acids is 1. The van der Waals surface area contributed by atoms with E-state index in [1.54, 1.807) is 6.08 Å². The van der Waals surface area contributed by atoms with Crippen molar-refractivity contribution in [3.63, 3.8) is 0 Å². The number of ether oxygens (including phenoxy) is 1. The zero-order valence-electron chi connectivity index (χ0n) is 13.5. The number of anilines is 1. The third-order valence-electron chi connectivity index (χ3n) is 3.85. The van der Waals surface area contributed by atoms with Crippen molar-refractivity contribution in [2.24, 2.45) is 0 Å². The number of morpholine rings is 1. The summed E-state index contributed by atoms with van der Waals surface area (Å²) in [6.45, 7) is 3.21. The predicted octanol–water partition coefficient (Wildman–Crippen LogP) is 2.18. The molecule has 7 nitrogen and oxygen atoms in total. The molecule has 2 aliphatic rings. The van der Waals surface area contributed by atoms with Crippen LogP contribution >= 0.6 is 24.0 Å². The van der Waals surface area contributed by atoms with E-state index in [4.69, 9.17) is 26.5 Å². The Hall–Kier alpha value is -1.84. The van der Waals surface area contributed by atoms with Gasteiger partial charge in [-0.2, -0.15) is 0 Å². The maximum absolute atomic E-state index is 12.4. The summed E-state index contributed by atoms with van der Waals surface area (Å²) in [6, 6.07) is 3.70. The van der Waals surface area contributed by atoms with Gasteiger partial charge in [0.1, 0.15) is 10.1 Å². The lowest BCUT2D eigenvalue weighted by molar-refractivity contribution is -0.137. The number of thioether (sulfide) groups is 1. The highest BCUT2D eigenvalue weighted by Crippen LogP contribution is 2.33. The summed E-state index contributed by atoms with van der Waals surface area (Å²) in [6.07, 6.45) is 2.06. The van der Waals surface area contributed by atoms with Crippen molar-refractivity contribution < 1.29 is 23.8 Å². The van der Waals surface area contributed by atoms with Crippen LogP contribution in [0.4, 0.5) is 5.88 Å². The van der Waals surface area contributed by atoms with Crippen LogP contribution in [-0.2, 0) is 14.3 Å². The Labute approximate surface area is 154 Å². The minimum absolute atomic E-state index is 0.0111. The van der Waals surface area contributed by atoms with Crippen LogP contribution in [0.25, 0.3) is 6.08 Å². The second-order valence-corrected chi connectivity index (χ2v) is 7.28. The summed E-state index contributed by atoms with van der Waals surface area (Å²) in [5.74, 6) is 0.260. The molecule has 0 radical (unpaired) electrons. The molecule has 9 heteroatoms. The number of thiocarbonyl (C=S) groups is 1. The second kappa shape index (κ2) is 8.03. The van der Waals surface area contributed by atoms with Gasteiger partial charge in [-0.25, -0.2) is 0 Å². The standard InChI is InChI=1S/C16H18N2O5S2/c19-14(20)2-1-5-18-15(21)12(25-16(18)24)10-11-3-4-13(23-11)17-6-8-22-9-7-17/h3-4,10H,1-2,5-9H2,(H,19,20)/b12-10+. The zero-order valence-corrected chi connectivity index (χ0v) is 15.1. The third kappa shape index (κ3) is 4.42. The Balaban J connectivity index is 1.65. The van der Waals surface area contributed by atoms with E-state index >= 15 is 0 Å². The van der Waals surface area contributed by atoms with Crippen molar-refractivity contribution in [2.45, 2.75) is 12.8 Å². The van der Waals surface area contributed by atoms with E-state index in [9.17, 15) is 9.59 Å². The van der Waals surface area contributed by atoms with Gasteiger partial charge in [0.15, 0.2) is 5.88 Å². The Bertz CT molecular complexity index is 709. The average Bonchev–Trinajstić information content (AvgIpc) is 3.16. The molecule has 2 saturated heterocycles. The minimum Gasteiger partial charge on any atom is -0.481 e. The molecule has 0 aliphatic carbocycles. The molecule has 1 aromatic heterocycles. The topological polar surface area (TPSA) is 83.2 Å². The number of carbonyl (C=O) groups is 2. The van der Waals surface area contributed by atoms with Crippen LogP contribution < -0.4 is 4.90 Å². The number of hydrogen-bond donors (Lipinski definition) is 1. The smallest absolute Gasteiger partial charge is 0.303 e. The highest BCUT2D eigenvalue weighted by atomic mass is 32.2. The maximum Gasteiger partial charge on any atom is 0.303 e. The Morgan fingerprint density at radius 2 is 2.12 bits per heavy atom. The van der Waals surface area contributed by atoms with E-state index < -0.39 is 5.97 Å². The minimum atomic E-state index is -0.882. The fraction of sp³-hybridized carbons (Fsp3) is 0.438. The van der Waals surface area contributed by atoms with Gasteiger partial charge in [0.2, 0.25) is 0 Å². The van der Waals surface area contributed by atoms with E-state index in [0.29, 0.717) is 41.2 Å². The first-order valence-electron chi connectivity index (χ1n) is 7.94. The van der Waals surface area contributed by atoms with Crippen LogP contribution in [0.15, 0.2) is 21.5 Å². The number of furan rings is 1. The van der Waals surface area contributed by atoms with Gasteiger partial charge in [-0.15, -0.1) is 0 Å². The average molecular weight is 382 g/mol. The Morgan fingerprint density at radius 3 is 2.84 bits per heavy atom. The lowest BCUT2D eigenvalue weighted by Crippen LogP contribution is -2.35. The molecule has 25 heavy (non-hydrogen) atoms. The van der Waals surface area contributed by atoms with Crippen LogP contribution in [0.5, 0.6) is 0 Å². The van der Waals surface area contributed by atoms with Crippen LogP contribution in [0.3, 0.4) is 0 Å². The summed E-state index contributed by atoms with van der Waals surface area (Å²) >= 11 is 6.43. The molecule has 0 aromatic carbocycles. The number of nitrogens with zero attached hydrogens (tertiary/aromatic N) is 2. The number of carboxylic acid groups (broad SMARTS) is 1. The number of rotatable bonds is 6. The number of carboxylic acids is 1. The van der Waals surface area contributed by atoms with E-state index in [2.05, 4.69) is 4.90 Å². The zero-order chi connectivity index (χ0) is 17.8. The van der Waals surface area contributed by atoms with Crippen molar-refractivity contribution in [1.82, 2.24) is 4.90 Å². The fourth-order valence-electron chi connectivity index (χ4n) is 2.58. The van der Waals surface area contributed by atoms with E-state index in [1.807, 2.05) is 12.1 Å². The molecule has 0 bridgehead atoms. The van der Waals surface area contributed by atoms with Gasteiger partial charge < -0.3 is 19.2 Å². The molecule has 0 unspecified atom stereocenters. The number of carbonyl (C=O) groups excluding carboxylic acids is 1. The Kier molecular flexibility index (Phi) is 5.77. The van der Waals surface area contributed by atoms with Crippen LogP contribution in [0, 0.1) is 0 Å². The monoisotopic (exact) mass is 382 g/mol. The highest BCUT2D eigenvalue weighted by molar-refractivity contribution is 8.26. The first-order chi connectivity index (χ1) is 12.0. The molecule has 0 spiro atoms. The van der Waals surface area contributed by atoms with Gasteiger partial charge in [0.05, 0.1) is 18.1 Å². The quantitative estimate of drug-likeness (QED) is 0.592. The van der Waals surface area contributed by atoms with Crippen molar-refractivity contribution in [1.29, 1.82) is 0 Å². The van der Waals surface area contributed by atoms with Crippen LogP contribution in [-0.4, -0.2) is 59.1 Å². The van der Waals surface area contributed by atoms with Gasteiger partial charge in [-0.1, -0.05) is 24.0 Å². The lowest BCUT2D eigenvalue weighted by atomic mass is 10.3. The van der Waals surface area contributed by atoms with Gasteiger partial charge >= 0.3 is 5.97 Å². The molecule has 2 aliphatic heterocycles. The fourth-order valence-corrected chi connectivity index (χ4v) is 3.87. The molecule has 2 fully saturated rings. The van der Waals surface area contributed by atoms with Crippen LogP contribution in [0.2, 0.25) is 0 Å². The van der Waals surface area contributed by atoms with Gasteiger partial charge in [-0.3, -0.25) is 14.5 Å². The third-order valence-corrected chi connectivity index (χ3v) is 5.23. The molecule has 3 heterocycles. The molecular weight excluding hydrogens is 364 g/mol. The van der Waals surface area contributed by atoms with E-state index in [0.717, 1.165) is 19.0 Å². The van der Waals surface area contributed by atoms with E-state index in [1.165, 1.54) is 16.7 Å². The summed E-state index contributed by atoms with van der Waals surface area (Å²) < 4.78 is 11.6. The summed E-state index contributed by atoms with van der Waals surface area (Å²) in [5, 5.41) is 8.70. The number of amides is 1. The lowest BCUT2D eigenvalue weighted by Gasteiger charge is -2.26. The van der Waals surface area contributed by atoms with E-state index in [-0.39, 0.29) is 12.3 Å². The SMILES string of the molecule is O=C(O)CCCN1C(=O)/C(=C\c2ccc(N3CCOCC3)o2)SC1=S. The largest absolute Gasteiger partial charge is 0.481 e. The van der Waals surface area contributed by atoms with Crippen molar-refractivity contribution in [3.8, 4) is 0 Å². The number of hydrogen-bond acceptors (Lipinski definition) is 7. The molecule has 1 amide bonds. The van der Waals surface area contributed by atoms with Gasteiger partial charge in [0, 0.05) is 38.2 Å². The molecule has 134 valence electrons. The normalized spacial score (nSPS) is 19.9. The van der Waals surface area contributed by atoms with Crippen molar-refractivity contribution in [2.75, 3.05) is 37.7 Å².